The molecule has 332 valence electrons. The normalized spacial score (nSPS) is 15.9. The minimum Gasteiger partial charge on any atom is -0.506 e. The van der Waals surface area contributed by atoms with Gasteiger partial charge < -0.3 is 35.3 Å². The molecule has 65 heavy (non-hydrogen) atoms. The number of hydrogen-bond acceptors (Lipinski definition) is 10. The Labute approximate surface area is 381 Å². The van der Waals surface area contributed by atoms with Crippen LogP contribution < -0.4 is 10.9 Å². The third-order valence-electron chi connectivity index (χ3n) is 12.7. The lowest BCUT2D eigenvalue weighted by Gasteiger charge is -2.33. The molecule has 0 spiro atoms. The number of phenols is 1. The van der Waals surface area contributed by atoms with Gasteiger partial charge in [0.05, 0.1) is 18.2 Å². The number of aromatic amines is 1. The van der Waals surface area contributed by atoms with Crippen LogP contribution in [0.4, 0.5) is 0 Å². The first-order valence-electron chi connectivity index (χ1n) is 22.2. The van der Waals surface area contributed by atoms with E-state index in [2.05, 4.69) is 45.5 Å². The van der Waals surface area contributed by atoms with E-state index in [-0.39, 0.29) is 41.8 Å². The number of amides is 1. The summed E-state index contributed by atoms with van der Waals surface area (Å²) in [6.07, 6.45) is 1.66. The van der Waals surface area contributed by atoms with Crippen molar-refractivity contribution < 1.29 is 29.6 Å². The number of likely N-dealkylation sites (tertiary alicyclic amines) is 1. The van der Waals surface area contributed by atoms with Crippen molar-refractivity contribution in [1.29, 1.82) is 0 Å². The van der Waals surface area contributed by atoms with Gasteiger partial charge in [0.1, 0.15) is 5.75 Å². The van der Waals surface area contributed by atoms with E-state index in [4.69, 9.17) is 4.74 Å². The number of aromatic nitrogens is 1. The highest BCUT2D eigenvalue weighted by Crippen LogP contribution is 2.39. The number of rotatable bonds is 14. The summed E-state index contributed by atoms with van der Waals surface area (Å²) in [6.45, 7) is 4.75. The van der Waals surface area contributed by atoms with Gasteiger partial charge in [-0.05, 0) is 108 Å². The van der Waals surface area contributed by atoms with Crippen LogP contribution in [0.2, 0.25) is 0 Å². The molecule has 2 aromatic heterocycles. The van der Waals surface area contributed by atoms with E-state index in [0.717, 1.165) is 54.0 Å². The Kier molecular flexibility index (Phi) is 13.1. The van der Waals surface area contributed by atoms with Crippen LogP contribution in [0.15, 0.2) is 144 Å². The Balaban J connectivity index is 0.820. The Morgan fingerprint density at radius 1 is 0.831 bits per heavy atom. The SMILES string of the molecule is O=C(c1ccc(CNCC(O)c2ccc(O)c3[nH]c(=O)ccc23)cc1)N1CCc2sc(-c3cccc(C(O)(C(=O)OCC4CCN(Cc5ccccc5)CC4)c4ccccc4)c3)cc2C1. The summed E-state index contributed by atoms with van der Waals surface area (Å²) in [4.78, 5) is 48.8. The zero-order valence-corrected chi connectivity index (χ0v) is 36.8. The highest BCUT2D eigenvalue weighted by atomic mass is 32.1. The van der Waals surface area contributed by atoms with Gasteiger partial charge in [0.2, 0.25) is 11.2 Å². The predicted octanol–water partition coefficient (Wildman–Crippen LogP) is 7.68. The van der Waals surface area contributed by atoms with Gasteiger partial charge in [-0.3, -0.25) is 14.5 Å². The second-order valence-electron chi connectivity index (χ2n) is 17.1. The predicted molar refractivity (Wildman–Crippen MR) is 252 cm³/mol. The quantitative estimate of drug-likeness (QED) is 0.0692. The summed E-state index contributed by atoms with van der Waals surface area (Å²) in [5.74, 6) is -0.585. The molecule has 1 fully saturated rings. The number of carbonyl (C=O) groups excluding carboxylic acids is 2. The fourth-order valence-corrected chi connectivity index (χ4v) is 10.2. The molecule has 12 heteroatoms. The summed E-state index contributed by atoms with van der Waals surface area (Å²) in [7, 11) is 0. The molecule has 0 saturated carbocycles. The molecular weight excluding hydrogens is 837 g/mol. The topological polar surface area (TPSA) is 155 Å². The number of nitrogens with zero attached hydrogens (tertiary/aromatic N) is 2. The van der Waals surface area contributed by atoms with E-state index in [1.54, 1.807) is 41.7 Å². The van der Waals surface area contributed by atoms with Gasteiger partial charge >= 0.3 is 5.97 Å². The van der Waals surface area contributed by atoms with Crippen LogP contribution in [-0.2, 0) is 41.2 Å². The van der Waals surface area contributed by atoms with Crippen molar-refractivity contribution >= 4 is 34.1 Å². The summed E-state index contributed by atoms with van der Waals surface area (Å²) in [5.41, 5.74) is 4.18. The number of benzene rings is 5. The molecule has 2 aliphatic heterocycles. The number of aliphatic hydroxyl groups is 2. The van der Waals surface area contributed by atoms with Gasteiger partial charge in [0.15, 0.2) is 0 Å². The van der Waals surface area contributed by atoms with Crippen molar-refractivity contribution in [3.05, 3.63) is 194 Å². The van der Waals surface area contributed by atoms with Crippen molar-refractivity contribution in [2.75, 3.05) is 32.8 Å². The van der Waals surface area contributed by atoms with Crippen molar-refractivity contribution in [3.63, 3.8) is 0 Å². The first-order chi connectivity index (χ1) is 31.6. The number of aliphatic hydroxyl groups excluding tert-OH is 1. The Morgan fingerprint density at radius 2 is 1.57 bits per heavy atom. The molecule has 0 bridgehead atoms. The van der Waals surface area contributed by atoms with Gasteiger partial charge in [-0.15, -0.1) is 11.3 Å². The maximum Gasteiger partial charge on any atom is 0.347 e. The minimum absolute atomic E-state index is 0.0539. The van der Waals surface area contributed by atoms with E-state index >= 15 is 0 Å². The smallest absolute Gasteiger partial charge is 0.347 e. The summed E-state index contributed by atoms with van der Waals surface area (Å²) in [5, 5.41) is 37.4. The first-order valence-corrected chi connectivity index (χ1v) is 23.0. The first kappa shape index (κ1) is 43.8. The van der Waals surface area contributed by atoms with Crippen LogP contribution >= 0.6 is 11.3 Å². The van der Waals surface area contributed by atoms with Crippen molar-refractivity contribution in [1.82, 2.24) is 20.1 Å². The molecule has 1 amide bonds. The van der Waals surface area contributed by atoms with Crippen LogP contribution in [-0.4, -0.2) is 74.8 Å². The van der Waals surface area contributed by atoms with Crippen LogP contribution in [0.3, 0.4) is 0 Å². The minimum atomic E-state index is -2.01. The highest BCUT2D eigenvalue weighted by Gasteiger charge is 2.42. The molecular formula is C53H52N4O7S. The average molecular weight is 889 g/mol. The fraction of sp³-hybridized carbons (Fsp3) is 0.264. The molecule has 5 aromatic carbocycles. The van der Waals surface area contributed by atoms with Crippen molar-refractivity contribution in [2.45, 2.75) is 50.6 Å². The number of piperidine rings is 1. The van der Waals surface area contributed by atoms with E-state index < -0.39 is 17.7 Å². The molecule has 9 rings (SSSR count). The molecule has 2 aliphatic rings. The van der Waals surface area contributed by atoms with Gasteiger partial charge in [-0.1, -0.05) is 97.1 Å². The molecule has 7 aromatic rings. The maximum atomic E-state index is 14.1. The number of phenolic OH excluding ortho intramolecular Hbond substituents is 1. The molecule has 0 aliphatic carbocycles. The number of thiophene rings is 1. The molecule has 11 nitrogen and oxygen atoms in total. The van der Waals surface area contributed by atoms with Crippen LogP contribution in [0, 0.1) is 5.92 Å². The fourth-order valence-electron chi connectivity index (χ4n) is 9.04. The second kappa shape index (κ2) is 19.4. The molecule has 2 atom stereocenters. The van der Waals surface area contributed by atoms with E-state index in [1.807, 2.05) is 71.6 Å². The van der Waals surface area contributed by atoms with Crippen LogP contribution in [0.25, 0.3) is 21.3 Å². The molecule has 4 heterocycles. The average Bonchev–Trinajstić information content (AvgIpc) is 3.78. The number of fused-ring (bicyclic) bond motifs is 2. The number of nitrogens with one attached hydrogen (secondary N) is 2. The number of hydrogen-bond donors (Lipinski definition) is 5. The number of ether oxygens (including phenoxy) is 1. The van der Waals surface area contributed by atoms with Crippen LogP contribution in [0.1, 0.15) is 67.6 Å². The highest BCUT2D eigenvalue weighted by molar-refractivity contribution is 7.15. The second-order valence-corrected chi connectivity index (χ2v) is 18.3. The van der Waals surface area contributed by atoms with Gasteiger partial charge in [-0.25, -0.2) is 4.79 Å². The van der Waals surface area contributed by atoms with E-state index in [9.17, 15) is 29.7 Å². The van der Waals surface area contributed by atoms with Gasteiger partial charge in [0, 0.05) is 65.1 Å². The summed E-state index contributed by atoms with van der Waals surface area (Å²) >= 11 is 1.67. The Morgan fingerprint density at radius 3 is 2.34 bits per heavy atom. The van der Waals surface area contributed by atoms with Gasteiger partial charge in [0.25, 0.3) is 5.91 Å². The maximum absolute atomic E-state index is 14.1. The van der Waals surface area contributed by atoms with Crippen LogP contribution in [0.5, 0.6) is 5.75 Å². The number of esters is 1. The zero-order valence-electron chi connectivity index (χ0n) is 36.0. The van der Waals surface area contributed by atoms with Gasteiger partial charge in [-0.2, -0.15) is 0 Å². The Hall–Kier alpha value is -6.41. The number of carbonyl (C=O) groups is 2. The third-order valence-corrected chi connectivity index (χ3v) is 14.0. The zero-order chi connectivity index (χ0) is 44.9. The monoisotopic (exact) mass is 888 g/mol. The number of pyridine rings is 1. The van der Waals surface area contributed by atoms with E-state index in [0.29, 0.717) is 53.7 Å². The van der Waals surface area contributed by atoms with Crippen molar-refractivity contribution in [3.8, 4) is 16.2 Å². The molecule has 2 unspecified atom stereocenters. The number of H-pyrrole nitrogens is 1. The van der Waals surface area contributed by atoms with E-state index in [1.165, 1.54) is 22.6 Å². The third kappa shape index (κ3) is 9.68. The van der Waals surface area contributed by atoms with Crippen molar-refractivity contribution in [2.24, 2.45) is 5.92 Å². The number of aromatic hydroxyl groups is 1. The lowest BCUT2D eigenvalue weighted by molar-refractivity contribution is -0.164. The summed E-state index contributed by atoms with van der Waals surface area (Å²) in [6, 6.07) is 42.6. The lowest BCUT2D eigenvalue weighted by Crippen LogP contribution is -2.40. The molecule has 5 N–H and O–H groups in total. The summed E-state index contributed by atoms with van der Waals surface area (Å²) < 4.78 is 5.99. The molecule has 0 radical (unpaired) electrons. The molecule has 1 saturated heterocycles. The standard InChI is InChI=1S/C53H52N4O7S/c58-45-20-18-43(44-19-21-49(60)55-50(44)45)46(59)31-54-30-35-14-16-38(17-15-35)51(61)57-27-24-47-40(33-57)29-48(65-47)39-10-7-13-42(28-39)53(63,41-11-5-2-6-12-41)52(62)64-34-37-22-25-56(26-23-37)32-36-8-3-1-4-9-36/h1-21,28-29,37,46,54,58-59,63H,22-27,30-34H2,(H,55,60). The lowest BCUT2D eigenvalue weighted by atomic mass is 9.85. The Bertz CT molecular complexity index is 2840. The largest absolute Gasteiger partial charge is 0.506 e.